The first-order valence-corrected chi connectivity index (χ1v) is 6.71. The van der Waals surface area contributed by atoms with Gasteiger partial charge in [-0.25, -0.2) is 0 Å². The van der Waals surface area contributed by atoms with Gasteiger partial charge >= 0.3 is 0 Å². The van der Waals surface area contributed by atoms with Crippen LogP contribution in [0, 0.1) is 0 Å². The molecule has 1 N–H and O–H groups in total. The first-order valence-electron chi connectivity index (χ1n) is 6.71. The van der Waals surface area contributed by atoms with E-state index in [1.165, 1.54) is 0 Å². The molecule has 0 heterocycles. The number of fused-ring (bicyclic) bond motifs is 1. The molecule has 0 spiro atoms. The molecule has 1 aromatic carbocycles. The number of amides is 1. The number of nitrogens with one attached hydrogen (secondary N) is 1. The fourth-order valence-corrected chi connectivity index (χ4v) is 2.32. The average Bonchev–Trinajstić information content (AvgIpc) is 2.44. The summed E-state index contributed by atoms with van der Waals surface area (Å²) in [7, 11) is 1.63. The second-order valence-electron chi connectivity index (χ2n) is 4.68. The van der Waals surface area contributed by atoms with Crippen molar-refractivity contribution in [2.45, 2.75) is 32.1 Å². The van der Waals surface area contributed by atoms with Crippen LogP contribution in [0.15, 0.2) is 18.2 Å². The van der Waals surface area contributed by atoms with Gasteiger partial charge in [-0.2, -0.15) is 0 Å². The highest BCUT2D eigenvalue weighted by atomic mass is 16.5. The fraction of sp³-hybridized carbons (Fsp3) is 0.467. The smallest absolute Gasteiger partial charge is 0.219 e. The fourth-order valence-electron chi connectivity index (χ4n) is 2.32. The standard InChI is InChI=1S/C15H19NO3/c1-16-15(18)9-4-10-19-14-8-3-5-11-12(14)6-2-7-13(11)17/h3,5,8H,2,4,6-7,9-10H2,1H3,(H,16,18). The number of rotatable bonds is 5. The van der Waals surface area contributed by atoms with Gasteiger partial charge in [0.15, 0.2) is 5.78 Å². The molecule has 0 aromatic heterocycles. The van der Waals surface area contributed by atoms with Crippen LogP contribution in [0.5, 0.6) is 5.75 Å². The van der Waals surface area contributed by atoms with Gasteiger partial charge in [0, 0.05) is 31.0 Å². The topological polar surface area (TPSA) is 55.4 Å². The van der Waals surface area contributed by atoms with E-state index in [4.69, 9.17) is 4.74 Å². The highest BCUT2D eigenvalue weighted by Crippen LogP contribution is 2.29. The molecule has 0 aliphatic heterocycles. The summed E-state index contributed by atoms with van der Waals surface area (Å²) >= 11 is 0. The highest BCUT2D eigenvalue weighted by Gasteiger charge is 2.20. The molecule has 4 nitrogen and oxygen atoms in total. The van der Waals surface area contributed by atoms with Gasteiger partial charge in [-0.1, -0.05) is 12.1 Å². The van der Waals surface area contributed by atoms with Crippen molar-refractivity contribution in [2.75, 3.05) is 13.7 Å². The molecule has 1 aromatic rings. The summed E-state index contributed by atoms with van der Waals surface area (Å²) < 4.78 is 5.72. The number of ether oxygens (including phenoxy) is 1. The monoisotopic (exact) mass is 261 g/mol. The third kappa shape index (κ3) is 3.34. The van der Waals surface area contributed by atoms with E-state index >= 15 is 0 Å². The molecule has 4 heteroatoms. The van der Waals surface area contributed by atoms with E-state index in [2.05, 4.69) is 5.32 Å². The van der Waals surface area contributed by atoms with Gasteiger partial charge in [0.1, 0.15) is 5.75 Å². The summed E-state index contributed by atoms with van der Waals surface area (Å²) in [6.07, 6.45) is 3.56. The van der Waals surface area contributed by atoms with Gasteiger partial charge in [-0.15, -0.1) is 0 Å². The highest BCUT2D eigenvalue weighted by molar-refractivity contribution is 5.99. The van der Waals surface area contributed by atoms with Crippen molar-refractivity contribution in [1.82, 2.24) is 5.32 Å². The Kier molecular flexibility index (Phi) is 4.55. The first-order chi connectivity index (χ1) is 9.22. The van der Waals surface area contributed by atoms with Gasteiger partial charge < -0.3 is 10.1 Å². The van der Waals surface area contributed by atoms with E-state index in [-0.39, 0.29) is 11.7 Å². The van der Waals surface area contributed by atoms with Crippen LogP contribution < -0.4 is 10.1 Å². The summed E-state index contributed by atoms with van der Waals surface area (Å²) in [4.78, 5) is 22.9. The molecular weight excluding hydrogens is 242 g/mol. The van der Waals surface area contributed by atoms with E-state index < -0.39 is 0 Å². The summed E-state index contributed by atoms with van der Waals surface area (Å²) in [6, 6.07) is 5.63. The summed E-state index contributed by atoms with van der Waals surface area (Å²) in [5, 5.41) is 2.58. The van der Waals surface area contributed by atoms with Gasteiger partial charge in [0.2, 0.25) is 5.91 Å². The molecule has 0 saturated heterocycles. The zero-order valence-corrected chi connectivity index (χ0v) is 11.2. The minimum Gasteiger partial charge on any atom is -0.493 e. The number of benzene rings is 1. The van der Waals surface area contributed by atoms with Crippen LogP contribution in [-0.4, -0.2) is 25.3 Å². The molecule has 1 aliphatic carbocycles. The van der Waals surface area contributed by atoms with Crippen molar-refractivity contribution in [2.24, 2.45) is 0 Å². The van der Waals surface area contributed by atoms with E-state index in [1.54, 1.807) is 7.05 Å². The van der Waals surface area contributed by atoms with Crippen LogP contribution in [0.25, 0.3) is 0 Å². The summed E-state index contributed by atoms with van der Waals surface area (Å²) in [5.74, 6) is 1.02. The molecule has 0 radical (unpaired) electrons. The number of carbonyl (C=O) groups excluding carboxylic acids is 2. The normalized spacial score (nSPS) is 13.8. The zero-order valence-electron chi connectivity index (χ0n) is 11.2. The van der Waals surface area contributed by atoms with E-state index in [1.807, 2.05) is 18.2 Å². The lowest BCUT2D eigenvalue weighted by Crippen LogP contribution is -2.18. The predicted molar refractivity (Wildman–Crippen MR) is 72.5 cm³/mol. The van der Waals surface area contributed by atoms with Crippen LogP contribution in [0.3, 0.4) is 0 Å². The number of hydrogen-bond donors (Lipinski definition) is 1. The zero-order chi connectivity index (χ0) is 13.7. The largest absolute Gasteiger partial charge is 0.493 e. The van der Waals surface area contributed by atoms with Crippen LogP contribution in [0.1, 0.15) is 41.6 Å². The van der Waals surface area contributed by atoms with Gasteiger partial charge in [0.25, 0.3) is 0 Å². The SMILES string of the molecule is CNC(=O)CCCOc1cccc2c1CCCC2=O. The molecule has 0 unspecified atom stereocenters. The Morgan fingerprint density at radius 1 is 1.37 bits per heavy atom. The molecule has 1 amide bonds. The molecule has 0 atom stereocenters. The van der Waals surface area contributed by atoms with E-state index in [0.717, 1.165) is 29.7 Å². The van der Waals surface area contributed by atoms with Crippen molar-refractivity contribution < 1.29 is 14.3 Å². The maximum Gasteiger partial charge on any atom is 0.219 e. The van der Waals surface area contributed by atoms with Crippen LogP contribution >= 0.6 is 0 Å². The molecule has 0 saturated carbocycles. The predicted octanol–water partition coefficient (Wildman–Crippen LogP) is 2.11. The second-order valence-corrected chi connectivity index (χ2v) is 4.68. The maximum absolute atomic E-state index is 11.8. The van der Waals surface area contributed by atoms with Crippen molar-refractivity contribution in [1.29, 1.82) is 0 Å². The van der Waals surface area contributed by atoms with Crippen molar-refractivity contribution in [3.05, 3.63) is 29.3 Å². The van der Waals surface area contributed by atoms with Gasteiger partial charge in [0.05, 0.1) is 6.61 Å². The minimum absolute atomic E-state index is 0.0221. The van der Waals surface area contributed by atoms with Crippen molar-refractivity contribution in [3.63, 3.8) is 0 Å². The molecule has 0 fully saturated rings. The first kappa shape index (κ1) is 13.6. The number of Topliss-reactive ketones (excluding diaryl/α,β-unsaturated/α-hetero) is 1. The average molecular weight is 261 g/mol. The number of ketones is 1. The van der Waals surface area contributed by atoms with Crippen LogP contribution in [0.2, 0.25) is 0 Å². The Bertz CT molecular complexity index is 482. The Labute approximate surface area is 113 Å². The Morgan fingerprint density at radius 3 is 3.00 bits per heavy atom. The van der Waals surface area contributed by atoms with E-state index in [9.17, 15) is 9.59 Å². The summed E-state index contributed by atoms with van der Waals surface area (Å²) in [6.45, 7) is 0.498. The Balaban J connectivity index is 1.96. The Morgan fingerprint density at radius 2 is 2.21 bits per heavy atom. The molecular formula is C15H19NO3. The van der Waals surface area contributed by atoms with Crippen LogP contribution in [0.4, 0.5) is 0 Å². The number of hydrogen-bond acceptors (Lipinski definition) is 3. The molecule has 0 bridgehead atoms. The van der Waals surface area contributed by atoms with E-state index in [0.29, 0.717) is 25.9 Å². The van der Waals surface area contributed by atoms with Crippen LogP contribution in [-0.2, 0) is 11.2 Å². The molecule has 1 aliphatic rings. The maximum atomic E-state index is 11.8. The molecule has 102 valence electrons. The number of carbonyl (C=O) groups is 2. The third-order valence-electron chi connectivity index (χ3n) is 3.35. The lowest BCUT2D eigenvalue weighted by atomic mass is 9.90. The van der Waals surface area contributed by atoms with Crippen molar-refractivity contribution >= 4 is 11.7 Å². The Hall–Kier alpha value is -1.84. The molecule has 19 heavy (non-hydrogen) atoms. The second kappa shape index (κ2) is 6.36. The van der Waals surface area contributed by atoms with Gasteiger partial charge in [-0.05, 0) is 25.3 Å². The molecule has 2 rings (SSSR count). The lowest BCUT2D eigenvalue weighted by Gasteiger charge is -2.18. The quantitative estimate of drug-likeness (QED) is 0.826. The van der Waals surface area contributed by atoms with Gasteiger partial charge in [-0.3, -0.25) is 9.59 Å². The van der Waals surface area contributed by atoms with Crippen molar-refractivity contribution in [3.8, 4) is 5.75 Å². The third-order valence-corrected chi connectivity index (χ3v) is 3.35. The summed E-state index contributed by atoms with van der Waals surface area (Å²) in [5.41, 5.74) is 1.83. The minimum atomic E-state index is 0.0221. The lowest BCUT2D eigenvalue weighted by molar-refractivity contribution is -0.120.